The average molecular weight is 359 g/mol. The number of nitrogens with zero attached hydrogens (tertiary/aromatic N) is 5. The maximum absolute atomic E-state index is 8.89. The van der Waals surface area contributed by atoms with Gasteiger partial charge in [0.05, 0.1) is 31.0 Å². The lowest BCUT2D eigenvalue weighted by Gasteiger charge is -2.23. The Balaban J connectivity index is 1.50. The van der Waals surface area contributed by atoms with Gasteiger partial charge in [0.2, 0.25) is 0 Å². The zero-order chi connectivity index (χ0) is 18.6. The largest absolute Gasteiger partial charge is 0.350 e. The number of benzene rings is 2. The summed E-state index contributed by atoms with van der Waals surface area (Å²) < 4.78 is 7.73. The van der Waals surface area contributed by atoms with Crippen LogP contribution < -0.4 is 4.90 Å². The van der Waals surface area contributed by atoms with Crippen molar-refractivity contribution in [3.63, 3.8) is 0 Å². The van der Waals surface area contributed by atoms with Crippen molar-refractivity contribution >= 4 is 5.69 Å². The van der Waals surface area contributed by atoms with Gasteiger partial charge in [0.15, 0.2) is 6.23 Å². The highest BCUT2D eigenvalue weighted by Gasteiger charge is 2.29. The number of aromatic nitrogens is 3. The molecule has 1 aromatic heterocycles. The molecule has 136 valence electrons. The third-order valence-electron chi connectivity index (χ3n) is 4.80. The van der Waals surface area contributed by atoms with Gasteiger partial charge in [-0.3, -0.25) is 0 Å². The first-order valence-electron chi connectivity index (χ1n) is 9.13. The van der Waals surface area contributed by atoms with E-state index in [9.17, 15) is 0 Å². The molecule has 2 aromatic carbocycles. The minimum absolute atomic E-state index is 0.216. The predicted molar refractivity (Wildman–Crippen MR) is 102 cm³/mol. The van der Waals surface area contributed by atoms with Crippen molar-refractivity contribution < 1.29 is 4.74 Å². The molecule has 27 heavy (non-hydrogen) atoms. The highest BCUT2D eigenvalue weighted by Crippen LogP contribution is 2.31. The molecule has 0 spiro atoms. The monoisotopic (exact) mass is 359 g/mol. The minimum atomic E-state index is -0.216. The Morgan fingerprint density at radius 1 is 1.11 bits per heavy atom. The Labute approximate surface area is 158 Å². The highest BCUT2D eigenvalue weighted by molar-refractivity contribution is 5.49. The minimum Gasteiger partial charge on any atom is -0.350 e. The van der Waals surface area contributed by atoms with Crippen molar-refractivity contribution in [2.75, 3.05) is 18.1 Å². The highest BCUT2D eigenvalue weighted by atomic mass is 16.5. The molecule has 0 N–H and O–H groups in total. The summed E-state index contributed by atoms with van der Waals surface area (Å²) in [6.07, 6.45) is 2.75. The van der Waals surface area contributed by atoms with Crippen molar-refractivity contribution in [1.82, 2.24) is 15.0 Å². The summed E-state index contributed by atoms with van der Waals surface area (Å²) in [6.45, 7) is 4.26. The average Bonchev–Trinajstić information content (AvgIpc) is 3.38. The zero-order valence-corrected chi connectivity index (χ0v) is 15.2. The lowest BCUT2D eigenvalue weighted by Crippen LogP contribution is -2.23. The number of nitriles is 1. The molecule has 0 aliphatic carbocycles. The van der Waals surface area contributed by atoms with Crippen LogP contribution >= 0.6 is 0 Å². The van der Waals surface area contributed by atoms with Gasteiger partial charge in [-0.2, -0.15) is 5.26 Å². The molecule has 6 nitrogen and oxygen atoms in total. The maximum atomic E-state index is 8.89. The van der Waals surface area contributed by atoms with E-state index in [1.165, 1.54) is 5.56 Å². The molecular formula is C21H21N5O. The molecular weight excluding hydrogens is 338 g/mol. The topological polar surface area (TPSA) is 67.0 Å². The summed E-state index contributed by atoms with van der Waals surface area (Å²) in [4.78, 5) is 2.22. The number of anilines is 1. The number of hydrogen-bond donors (Lipinski definition) is 0. The standard InChI is InChI=1S/C21H21N5O/c1-2-16-7-9-19(10-8-16)26-11-12-27-21(26)20-15-25(24-23-20)14-18-5-3-17(13-22)4-6-18/h3-10,15,21H,2,11-12,14H2,1H3/t21-/m1/s1. The molecule has 0 amide bonds. The molecule has 0 saturated carbocycles. The molecule has 1 aliphatic rings. The van der Waals surface area contributed by atoms with Gasteiger partial charge in [0.25, 0.3) is 0 Å². The maximum Gasteiger partial charge on any atom is 0.177 e. The normalized spacial score (nSPS) is 16.4. The van der Waals surface area contributed by atoms with Crippen molar-refractivity contribution in [2.24, 2.45) is 0 Å². The van der Waals surface area contributed by atoms with Crippen LogP contribution in [0.25, 0.3) is 0 Å². The molecule has 2 heterocycles. The van der Waals surface area contributed by atoms with Crippen LogP contribution in [0.5, 0.6) is 0 Å². The quantitative estimate of drug-likeness (QED) is 0.699. The van der Waals surface area contributed by atoms with Gasteiger partial charge < -0.3 is 9.64 Å². The Morgan fingerprint density at radius 3 is 2.56 bits per heavy atom. The van der Waals surface area contributed by atoms with Crippen LogP contribution in [0.3, 0.4) is 0 Å². The lowest BCUT2D eigenvalue weighted by molar-refractivity contribution is 0.110. The fourth-order valence-corrected chi connectivity index (χ4v) is 3.28. The van der Waals surface area contributed by atoms with E-state index in [4.69, 9.17) is 10.00 Å². The van der Waals surface area contributed by atoms with E-state index in [1.807, 2.05) is 30.5 Å². The molecule has 0 bridgehead atoms. The summed E-state index contributed by atoms with van der Waals surface area (Å²) in [6, 6.07) is 18.2. The van der Waals surface area contributed by atoms with Crippen molar-refractivity contribution in [3.8, 4) is 6.07 Å². The Kier molecular flexibility index (Phi) is 4.86. The van der Waals surface area contributed by atoms with Crippen LogP contribution in [0.15, 0.2) is 54.7 Å². The molecule has 1 fully saturated rings. The van der Waals surface area contributed by atoms with Gasteiger partial charge in [-0.15, -0.1) is 5.10 Å². The summed E-state index contributed by atoms with van der Waals surface area (Å²) in [7, 11) is 0. The lowest BCUT2D eigenvalue weighted by atomic mass is 10.1. The summed E-state index contributed by atoms with van der Waals surface area (Å²) in [5.41, 5.74) is 4.99. The smallest absolute Gasteiger partial charge is 0.177 e. The van der Waals surface area contributed by atoms with E-state index in [1.54, 1.807) is 4.68 Å². The molecule has 1 aliphatic heterocycles. The molecule has 3 aromatic rings. The Morgan fingerprint density at radius 2 is 1.85 bits per heavy atom. The summed E-state index contributed by atoms with van der Waals surface area (Å²) >= 11 is 0. The number of aryl methyl sites for hydroxylation is 1. The van der Waals surface area contributed by atoms with Crippen LogP contribution in [0.1, 0.15) is 35.5 Å². The van der Waals surface area contributed by atoms with E-state index in [0.717, 1.165) is 29.9 Å². The zero-order valence-electron chi connectivity index (χ0n) is 15.2. The van der Waals surface area contributed by atoms with E-state index in [0.29, 0.717) is 18.7 Å². The van der Waals surface area contributed by atoms with Crippen molar-refractivity contribution in [3.05, 3.63) is 77.1 Å². The third kappa shape index (κ3) is 3.69. The van der Waals surface area contributed by atoms with E-state index in [-0.39, 0.29) is 6.23 Å². The second-order valence-electron chi connectivity index (χ2n) is 6.59. The fraction of sp³-hybridized carbons (Fsp3) is 0.286. The first-order valence-corrected chi connectivity index (χ1v) is 9.13. The molecule has 4 rings (SSSR count). The van der Waals surface area contributed by atoms with Gasteiger partial charge in [-0.25, -0.2) is 4.68 Å². The van der Waals surface area contributed by atoms with Gasteiger partial charge in [0, 0.05) is 12.2 Å². The molecule has 0 radical (unpaired) electrons. The molecule has 6 heteroatoms. The Hall–Kier alpha value is -3.17. The van der Waals surface area contributed by atoms with E-state index >= 15 is 0 Å². The second-order valence-corrected chi connectivity index (χ2v) is 6.59. The van der Waals surface area contributed by atoms with Gasteiger partial charge >= 0.3 is 0 Å². The number of hydrogen-bond acceptors (Lipinski definition) is 5. The summed E-state index contributed by atoms with van der Waals surface area (Å²) in [5, 5.41) is 17.5. The SMILES string of the molecule is CCc1ccc(N2CCO[C@@H]2c2cn(Cc3ccc(C#N)cc3)nn2)cc1. The first kappa shape index (κ1) is 17.3. The Bertz CT molecular complexity index is 940. The molecule has 0 unspecified atom stereocenters. The van der Waals surface area contributed by atoms with Gasteiger partial charge in [-0.1, -0.05) is 36.4 Å². The third-order valence-corrected chi connectivity index (χ3v) is 4.80. The second kappa shape index (κ2) is 7.60. The molecule has 1 saturated heterocycles. The van der Waals surface area contributed by atoms with Crippen LogP contribution in [-0.2, 0) is 17.7 Å². The first-order chi connectivity index (χ1) is 13.3. The van der Waals surface area contributed by atoms with E-state index < -0.39 is 0 Å². The van der Waals surface area contributed by atoms with Crippen LogP contribution in [0, 0.1) is 11.3 Å². The van der Waals surface area contributed by atoms with Gasteiger partial charge in [0.1, 0.15) is 5.69 Å². The van der Waals surface area contributed by atoms with Gasteiger partial charge in [-0.05, 0) is 41.8 Å². The number of ether oxygens (including phenoxy) is 1. The van der Waals surface area contributed by atoms with Crippen LogP contribution in [0.2, 0.25) is 0 Å². The van der Waals surface area contributed by atoms with Crippen molar-refractivity contribution in [2.45, 2.75) is 26.1 Å². The predicted octanol–water partition coefficient (Wildman–Crippen LogP) is 3.30. The van der Waals surface area contributed by atoms with E-state index in [2.05, 4.69) is 52.5 Å². The van der Waals surface area contributed by atoms with Crippen LogP contribution in [-0.4, -0.2) is 28.1 Å². The molecule has 1 atom stereocenters. The fourth-order valence-electron chi connectivity index (χ4n) is 3.28. The number of rotatable bonds is 5. The summed E-state index contributed by atoms with van der Waals surface area (Å²) in [5.74, 6) is 0. The van der Waals surface area contributed by atoms with Crippen molar-refractivity contribution in [1.29, 1.82) is 5.26 Å². The van der Waals surface area contributed by atoms with Crippen LogP contribution in [0.4, 0.5) is 5.69 Å².